The average Bonchev–Trinajstić information content (AvgIpc) is 1.38. The van der Waals surface area contributed by atoms with E-state index in [4.69, 9.17) is 17.2 Å². The maximum atomic E-state index is 6.36. The monoisotopic (exact) mass is 110 g/mol. The van der Waals surface area contributed by atoms with E-state index in [0.717, 1.165) is 0 Å². The molecule has 0 heterocycles. The molecule has 0 atom stereocenters. The van der Waals surface area contributed by atoms with Crippen molar-refractivity contribution in [1.29, 1.82) is 5.41 Å². The van der Waals surface area contributed by atoms with E-state index in [0.29, 0.717) is 0 Å². The fourth-order valence-corrected chi connectivity index (χ4v) is 0. The minimum absolute atomic E-state index is 0.0355. The number of hydrogen-bond donors (Lipinski definition) is 3. The van der Waals surface area contributed by atoms with Crippen molar-refractivity contribution in [2.45, 2.75) is 0 Å². The minimum Gasteiger partial charge on any atom is -0.278 e. The van der Waals surface area contributed by atoms with Crippen LogP contribution in [-0.4, -0.2) is 5.17 Å². The van der Waals surface area contributed by atoms with Gasteiger partial charge in [0.05, 0.1) is 0 Å². The fraction of sp³-hybridized carbons (Fsp3) is 0. The van der Waals surface area contributed by atoms with Crippen LogP contribution in [0.15, 0.2) is 0 Å². The van der Waals surface area contributed by atoms with Crippen LogP contribution in [0.25, 0.3) is 0 Å². The second kappa shape index (κ2) is 2.35. The lowest BCUT2D eigenvalue weighted by atomic mass is 11.4. The van der Waals surface area contributed by atoms with Gasteiger partial charge in [-0.1, -0.05) is 0 Å². The van der Waals surface area contributed by atoms with Gasteiger partial charge in [-0.2, -0.15) is 0 Å². The molecule has 0 rings (SSSR count). The van der Waals surface area contributed by atoms with Gasteiger partial charge in [-0.3, -0.25) is 10.2 Å². The Labute approximate surface area is 40.5 Å². The van der Waals surface area contributed by atoms with Gasteiger partial charge in [0.25, 0.3) is 0 Å². The zero-order valence-corrected chi connectivity index (χ0v) is 3.98. The van der Waals surface area contributed by atoms with Crippen molar-refractivity contribution in [3.8, 4) is 0 Å². The molecule has 0 aromatic rings. The Kier molecular flexibility index (Phi) is 2.41. The zero-order valence-electron chi connectivity index (χ0n) is 2.33. The first-order chi connectivity index (χ1) is 2.27. The standard InChI is InChI=1S/CH3ClN2S/c2-4-1(3)5/h(H3,3,4,5). The first kappa shape index (κ1) is 5.11. The lowest BCUT2D eigenvalue weighted by Gasteiger charge is -1.79. The van der Waals surface area contributed by atoms with E-state index in [1.165, 1.54) is 0 Å². The summed E-state index contributed by atoms with van der Waals surface area (Å²) < 4.78 is 0. The van der Waals surface area contributed by atoms with Crippen molar-refractivity contribution in [3.05, 3.63) is 0 Å². The van der Waals surface area contributed by atoms with E-state index in [9.17, 15) is 0 Å². The predicted molar refractivity (Wildman–Crippen MR) is 25.7 cm³/mol. The molecule has 0 aliphatic carbocycles. The molecule has 0 unspecified atom stereocenters. The lowest BCUT2D eigenvalue weighted by Crippen LogP contribution is -1.99. The molecule has 2 N–H and O–H groups in total. The SMILES string of the molecule is N=C(S)NCl. The van der Waals surface area contributed by atoms with Gasteiger partial charge in [0.15, 0.2) is 5.17 Å². The smallest absolute Gasteiger partial charge is 0.165 e. The summed E-state index contributed by atoms with van der Waals surface area (Å²) >= 11 is 8.22. The van der Waals surface area contributed by atoms with Crippen LogP contribution in [0.1, 0.15) is 0 Å². The van der Waals surface area contributed by atoms with Crippen molar-refractivity contribution in [2.24, 2.45) is 0 Å². The molecular weight excluding hydrogens is 108 g/mol. The summed E-state index contributed by atoms with van der Waals surface area (Å²) in [6.45, 7) is 0. The van der Waals surface area contributed by atoms with E-state index in [-0.39, 0.29) is 5.17 Å². The fourth-order valence-electron chi connectivity index (χ4n) is 0. The maximum absolute atomic E-state index is 6.36. The number of nitrogens with one attached hydrogen (secondary N) is 2. The van der Waals surface area contributed by atoms with Crippen molar-refractivity contribution in [1.82, 2.24) is 4.84 Å². The highest BCUT2D eigenvalue weighted by Gasteiger charge is 1.70. The molecule has 0 fully saturated rings. The molecule has 4 heteroatoms. The number of rotatable bonds is 0. The molecule has 30 valence electrons. The Balaban J connectivity index is 2.85. The van der Waals surface area contributed by atoms with Crippen LogP contribution in [0.2, 0.25) is 0 Å². The Bertz CT molecular complexity index is 44.9. The third-order valence-corrected chi connectivity index (χ3v) is 0.522. The van der Waals surface area contributed by atoms with Crippen LogP contribution in [0.5, 0.6) is 0 Å². The normalized spacial score (nSPS) is 6.80. The van der Waals surface area contributed by atoms with Crippen LogP contribution >= 0.6 is 24.4 Å². The second-order valence-corrected chi connectivity index (χ2v) is 1.08. The van der Waals surface area contributed by atoms with Gasteiger partial charge in [0.2, 0.25) is 0 Å². The summed E-state index contributed by atoms with van der Waals surface area (Å²) in [7, 11) is 0. The molecule has 0 aliphatic rings. The van der Waals surface area contributed by atoms with Gasteiger partial charge in [0, 0.05) is 11.8 Å². The predicted octanol–water partition coefficient (Wildman–Crippen LogP) is 0.594. The highest BCUT2D eigenvalue weighted by molar-refractivity contribution is 7.96. The van der Waals surface area contributed by atoms with Crippen LogP contribution < -0.4 is 4.84 Å². The van der Waals surface area contributed by atoms with Crippen LogP contribution in [0, 0.1) is 5.41 Å². The van der Waals surface area contributed by atoms with E-state index < -0.39 is 0 Å². The molecule has 0 aromatic carbocycles. The zero-order chi connectivity index (χ0) is 4.28. The molecule has 0 radical (unpaired) electrons. The number of thiol groups is 1. The quantitative estimate of drug-likeness (QED) is 0.182. The molecule has 0 bridgehead atoms. The average molecular weight is 111 g/mol. The summed E-state index contributed by atoms with van der Waals surface area (Å²) in [6.07, 6.45) is 0. The Hall–Kier alpha value is 0.110. The molecule has 0 aliphatic heterocycles. The highest BCUT2D eigenvalue weighted by atomic mass is 35.5. The first-order valence-corrected chi connectivity index (χ1v) is 1.74. The molecule has 0 saturated heterocycles. The highest BCUT2D eigenvalue weighted by Crippen LogP contribution is 1.70. The third-order valence-electron chi connectivity index (χ3n) is 0.0895. The third kappa shape index (κ3) is 4.11. The Morgan fingerprint density at radius 3 is 2.20 bits per heavy atom. The van der Waals surface area contributed by atoms with Crippen LogP contribution in [0.4, 0.5) is 0 Å². The minimum atomic E-state index is -0.0355. The van der Waals surface area contributed by atoms with Gasteiger partial charge in [0.1, 0.15) is 0 Å². The van der Waals surface area contributed by atoms with Gasteiger partial charge in [-0.15, -0.1) is 12.6 Å². The van der Waals surface area contributed by atoms with E-state index in [1.807, 2.05) is 4.84 Å². The first-order valence-electron chi connectivity index (χ1n) is 0.913. The molecule has 2 nitrogen and oxygen atoms in total. The van der Waals surface area contributed by atoms with Gasteiger partial charge >= 0.3 is 0 Å². The Morgan fingerprint density at radius 2 is 2.20 bits per heavy atom. The summed E-state index contributed by atoms with van der Waals surface area (Å²) in [5, 5.41) is 6.33. The maximum Gasteiger partial charge on any atom is 0.165 e. The van der Waals surface area contributed by atoms with Crippen molar-refractivity contribution >= 4 is 29.6 Å². The Morgan fingerprint density at radius 1 is 2.00 bits per heavy atom. The van der Waals surface area contributed by atoms with Gasteiger partial charge in [-0.25, -0.2) is 0 Å². The summed E-state index contributed by atoms with van der Waals surface area (Å²) in [6, 6.07) is 0. The largest absolute Gasteiger partial charge is 0.278 e. The van der Waals surface area contributed by atoms with E-state index >= 15 is 0 Å². The molecule has 0 spiro atoms. The summed E-state index contributed by atoms with van der Waals surface area (Å²) in [4.78, 5) is 1.95. The molecule has 0 saturated carbocycles. The van der Waals surface area contributed by atoms with Crippen molar-refractivity contribution < 1.29 is 0 Å². The van der Waals surface area contributed by atoms with Crippen LogP contribution in [-0.2, 0) is 0 Å². The van der Waals surface area contributed by atoms with Crippen LogP contribution in [0.3, 0.4) is 0 Å². The molecule has 0 aromatic heterocycles. The molecule has 5 heavy (non-hydrogen) atoms. The topological polar surface area (TPSA) is 35.9 Å². The van der Waals surface area contributed by atoms with Crippen molar-refractivity contribution in [3.63, 3.8) is 0 Å². The summed E-state index contributed by atoms with van der Waals surface area (Å²) in [5.41, 5.74) is 0. The van der Waals surface area contributed by atoms with E-state index in [1.54, 1.807) is 0 Å². The lowest BCUT2D eigenvalue weighted by molar-refractivity contribution is 1.43. The van der Waals surface area contributed by atoms with Gasteiger partial charge in [-0.05, 0) is 0 Å². The molecule has 0 amide bonds. The number of halogens is 1. The van der Waals surface area contributed by atoms with E-state index in [2.05, 4.69) is 12.6 Å². The summed E-state index contributed by atoms with van der Waals surface area (Å²) in [5.74, 6) is 0. The van der Waals surface area contributed by atoms with Gasteiger partial charge < -0.3 is 0 Å². The van der Waals surface area contributed by atoms with Crippen molar-refractivity contribution in [2.75, 3.05) is 0 Å². The molecular formula is CH3ClN2S. The second-order valence-electron chi connectivity index (χ2n) is 0.443. The number of amidine groups is 1. The number of hydrogen-bond acceptors (Lipinski definition) is 1.